The van der Waals surface area contributed by atoms with E-state index in [0.29, 0.717) is 17.2 Å². The number of amides is 2. The Balaban J connectivity index is 1.34. The SMILES string of the molecule is CC(Sc1ccc(NS(=O)(=O)c2ccccc2)cc1)C(=O)NC1=NN(c2ccccc2)C(=O)C1. The number of nitrogens with one attached hydrogen (secondary N) is 2. The second kappa shape index (κ2) is 10.1. The number of thioether (sulfide) groups is 1. The summed E-state index contributed by atoms with van der Waals surface area (Å²) in [5.74, 6) is -0.187. The molecule has 1 unspecified atom stereocenters. The Morgan fingerprint density at radius 2 is 1.59 bits per heavy atom. The summed E-state index contributed by atoms with van der Waals surface area (Å²) in [7, 11) is -3.67. The van der Waals surface area contributed by atoms with Gasteiger partial charge < -0.3 is 5.32 Å². The van der Waals surface area contributed by atoms with Gasteiger partial charge in [0.15, 0.2) is 0 Å². The number of benzene rings is 3. The summed E-state index contributed by atoms with van der Waals surface area (Å²) in [6.45, 7) is 1.75. The molecule has 2 amide bonds. The van der Waals surface area contributed by atoms with Crippen LogP contribution in [-0.2, 0) is 19.6 Å². The number of nitrogens with zero attached hydrogens (tertiary/aromatic N) is 2. The van der Waals surface area contributed by atoms with Crippen LogP contribution >= 0.6 is 11.8 Å². The van der Waals surface area contributed by atoms with Crippen molar-refractivity contribution in [3.8, 4) is 0 Å². The van der Waals surface area contributed by atoms with E-state index in [9.17, 15) is 18.0 Å². The summed E-state index contributed by atoms with van der Waals surface area (Å²) in [6, 6.07) is 23.9. The zero-order valence-corrected chi connectivity index (χ0v) is 19.8. The maximum Gasteiger partial charge on any atom is 0.261 e. The lowest BCUT2D eigenvalue weighted by Gasteiger charge is -2.12. The van der Waals surface area contributed by atoms with E-state index in [2.05, 4.69) is 15.1 Å². The number of carbonyl (C=O) groups excluding carboxylic acids is 2. The van der Waals surface area contributed by atoms with Crippen molar-refractivity contribution in [2.24, 2.45) is 5.10 Å². The van der Waals surface area contributed by atoms with Crippen molar-refractivity contribution in [3.05, 3.63) is 84.9 Å². The fourth-order valence-electron chi connectivity index (χ4n) is 3.19. The van der Waals surface area contributed by atoms with Gasteiger partial charge in [0.1, 0.15) is 5.84 Å². The first-order valence-electron chi connectivity index (χ1n) is 10.4. The zero-order valence-electron chi connectivity index (χ0n) is 18.2. The van der Waals surface area contributed by atoms with Crippen molar-refractivity contribution >= 4 is 50.8 Å². The zero-order chi connectivity index (χ0) is 24.1. The number of sulfonamides is 1. The molecule has 3 aromatic carbocycles. The first kappa shape index (κ1) is 23.5. The molecule has 0 fully saturated rings. The van der Waals surface area contributed by atoms with Gasteiger partial charge in [0.2, 0.25) is 5.91 Å². The highest BCUT2D eigenvalue weighted by molar-refractivity contribution is 8.00. The van der Waals surface area contributed by atoms with Gasteiger partial charge in [-0.1, -0.05) is 36.4 Å². The number of rotatable bonds is 7. The number of carbonyl (C=O) groups is 2. The van der Waals surface area contributed by atoms with Gasteiger partial charge in [-0.2, -0.15) is 10.1 Å². The average Bonchev–Trinajstić information content (AvgIpc) is 3.21. The Bertz CT molecular complexity index is 1310. The third kappa shape index (κ3) is 5.64. The molecule has 0 saturated heterocycles. The second-order valence-electron chi connectivity index (χ2n) is 7.46. The van der Waals surface area contributed by atoms with Crippen LogP contribution in [0.25, 0.3) is 0 Å². The number of hydrazone groups is 1. The van der Waals surface area contributed by atoms with Gasteiger partial charge in [-0.25, -0.2) is 8.42 Å². The molecule has 0 bridgehead atoms. The number of hydrogen-bond donors (Lipinski definition) is 2. The van der Waals surface area contributed by atoms with E-state index < -0.39 is 15.3 Å². The maximum atomic E-state index is 12.6. The van der Waals surface area contributed by atoms with Crippen molar-refractivity contribution in [3.63, 3.8) is 0 Å². The summed E-state index contributed by atoms with van der Waals surface area (Å²) < 4.78 is 27.4. The van der Waals surface area contributed by atoms with Crippen LogP contribution in [0.3, 0.4) is 0 Å². The first-order chi connectivity index (χ1) is 16.3. The number of para-hydroxylation sites is 1. The summed E-state index contributed by atoms with van der Waals surface area (Å²) in [4.78, 5) is 25.9. The van der Waals surface area contributed by atoms with Crippen LogP contribution in [0.5, 0.6) is 0 Å². The van der Waals surface area contributed by atoms with Gasteiger partial charge in [0.25, 0.3) is 15.9 Å². The molecule has 1 aliphatic rings. The van der Waals surface area contributed by atoms with Gasteiger partial charge in [-0.15, -0.1) is 11.8 Å². The third-order valence-corrected chi connectivity index (χ3v) is 7.40. The van der Waals surface area contributed by atoms with Crippen LogP contribution in [0, 0.1) is 0 Å². The molecule has 1 aliphatic heterocycles. The van der Waals surface area contributed by atoms with E-state index in [1.54, 1.807) is 61.5 Å². The number of hydrogen-bond acceptors (Lipinski definition) is 6. The predicted molar refractivity (Wildman–Crippen MR) is 133 cm³/mol. The molecular formula is C24H22N4O4S2. The largest absolute Gasteiger partial charge is 0.311 e. The Hall–Kier alpha value is -3.63. The van der Waals surface area contributed by atoms with Crippen LogP contribution < -0.4 is 15.0 Å². The van der Waals surface area contributed by atoms with Crippen molar-refractivity contribution in [2.45, 2.75) is 28.4 Å². The van der Waals surface area contributed by atoms with E-state index in [1.165, 1.54) is 28.9 Å². The molecule has 0 aromatic heterocycles. The maximum absolute atomic E-state index is 12.6. The van der Waals surface area contributed by atoms with E-state index >= 15 is 0 Å². The van der Waals surface area contributed by atoms with Crippen molar-refractivity contribution in [1.29, 1.82) is 0 Å². The Morgan fingerprint density at radius 1 is 0.971 bits per heavy atom. The van der Waals surface area contributed by atoms with E-state index in [1.807, 2.05) is 18.2 Å². The van der Waals surface area contributed by atoms with E-state index in [4.69, 9.17) is 0 Å². The molecule has 8 nitrogen and oxygen atoms in total. The number of amidine groups is 1. The van der Waals surface area contributed by atoms with Crippen LogP contribution in [-0.4, -0.2) is 31.3 Å². The molecule has 0 radical (unpaired) electrons. The molecule has 10 heteroatoms. The van der Waals surface area contributed by atoms with Crippen molar-refractivity contribution in [1.82, 2.24) is 5.32 Å². The molecule has 0 spiro atoms. The third-order valence-electron chi connectivity index (χ3n) is 4.89. The fourth-order valence-corrected chi connectivity index (χ4v) is 5.13. The monoisotopic (exact) mass is 494 g/mol. The standard InChI is InChI=1S/C24H22N4O4S2/c1-17(24(30)25-22-16-23(29)28(26-22)19-8-4-2-5-9-19)33-20-14-12-18(13-15-20)27-34(31,32)21-10-6-3-7-11-21/h2-15,17,27H,16H2,1H3,(H,25,26,30). The molecular weight excluding hydrogens is 472 g/mol. The Kier molecular flexibility index (Phi) is 6.99. The highest BCUT2D eigenvalue weighted by Crippen LogP contribution is 2.26. The lowest BCUT2D eigenvalue weighted by Crippen LogP contribution is -2.35. The van der Waals surface area contributed by atoms with E-state index in [0.717, 1.165) is 4.90 Å². The Morgan fingerprint density at radius 3 is 2.24 bits per heavy atom. The molecule has 174 valence electrons. The van der Waals surface area contributed by atoms with E-state index in [-0.39, 0.29) is 23.1 Å². The van der Waals surface area contributed by atoms with Gasteiger partial charge in [0.05, 0.1) is 22.3 Å². The minimum absolute atomic E-state index is 0.0221. The minimum atomic E-state index is -3.67. The summed E-state index contributed by atoms with van der Waals surface area (Å²) in [5, 5.41) is 7.78. The van der Waals surface area contributed by atoms with Gasteiger partial charge in [-0.05, 0) is 55.5 Å². The van der Waals surface area contributed by atoms with Crippen LogP contribution in [0.2, 0.25) is 0 Å². The molecule has 3 aromatic rings. The second-order valence-corrected chi connectivity index (χ2v) is 10.6. The summed E-state index contributed by atoms with van der Waals surface area (Å²) in [5.41, 5.74) is 1.06. The smallest absolute Gasteiger partial charge is 0.261 e. The normalized spacial score (nSPS) is 14.4. The number of anilines is 2. The van der Waals surface area contributed by atoms with Gasteiger partial charge >= 0.3 is 0 Å². The van der Waals surface area contributed by atoms with Crippen molar-refractivity contribution in [2.75, 3.05) is 9.73 Å². The molecule has 0 saturated carbocycles. The van der Waals surface area contributed by atoms with Crippen LogP contribution in [0.4, 0.5) is 11.4 Å². The summed E-state index contributed by atoms with van der Waals surface area (Å²) in [6.07, 6.45) is 0.0221. The van der Waals surface area contributed by atoms with Gasteiger partial charge in [0, 0.05) is 10.6 Å². The minimum Gasteiger partial charge on any atom is -0.311 e. The average molecular weight is 495 g/mol. The Labute approximate surface area is 202 Å². The van der Waals surface area contributed by atoms with Crippen molar-refractivity contribution < 1.29 is 18.0 Å². The fraction of sp³-hybridized carbons (Fsp3) is 0.125. The molecule has 34 heavy (non-hydrogen) atoms. The predicted octanol–water partition coefficient (Wildman–Crippen LogP) is 3.83. The molecule has 1 heterocycles. The topological polar surface area (TPSA) is 108 Å². The first-order valence-corrected chi connectivity index (χ1v) is 12.8. The molecule has 1 atom stereocenters. The van der Waals surface area contributed by atoms with Crippen LogP contribution in [0.1, 0.15) is 13.3 Å². The molecule has 2 N–H and O–H groups in total. The molecule has 4 rings (SSSR count). The highest BCUT2D eigenvalue weighted by atomic mass is 32.2. The van der Waals surface area contributed by atoms with Gasteiger partial charge in [-0.3, -0.25) is 14.3 Å². The summed E-state index contributed by atoms with van der Waals surface area (Å²) >= 11 is 1.31. The van der Waals surface area contributed by atoms with Crippen LogP contribution in [0.15, 0.2) is 99.8 Å². The quantitative estimate of drug-likeness (QED) is 0.486. The lowest BCUT2D eigenvalue weighted by molar-refractivity contribution is -0.118. The molecule has 0 aliphatic carbocycles. The highest BCUT2D eigenvalue weighted by Gasteiger charge is 2.27. The lowest BCUT2D eigenvalue weighted by atomic mass is 10.3.